The lowest BCUT2D eigenvalue weighted by molar-refractivity contribution is 0.0808. The minimum Gasteiger partial charge on any atom is -0.390 e. The van der Waals surface area contributed by atoms with E-state index in [1.54, 1.807) is 0 Å². The Bertz CT molecular complexity index is 176. The van der Waals surface area contributed by atoms with Gasteiger partial charge in [0.2, 0.25) is 0 Å². The summed E-state index contributed by atoms with van der Waals surface area (Å²) in [7, 11) is 0. The topological polar surface area (TPSA) is 20.2 Å². The van der Waals surface area contributed by atoms with Gasteiger partial charge in [-0.1, -0.05) is 32.4 Å². The van der Waals surface area contributed by atoms with Gasteiger partial charge in [-0.05, 0) is 39.0 Å². The number of allylic oxidation sites excluding steroid dienone is 1. The van der Waals surface area contributed by atoms with Gasteiger partial charge in [0.25, 0.3) is 0 Å². The van der Waals surface area contributed by atoms with Gasteiger partial charge < -0.3 is 5.11 Å². The van der Waals surface area contributed by atoms with E-state index in [0.717, 1.165) is 12.8 Å². The van der Waals surface area contributed by atoms with Crippen molar-refractivity contribution in [2.75, 3.05) is 0 Å². The van der Waals surface area contributed by atoms with Crippen molar-refractivity contribution in [3.8, 4) is 0 Å². The van der Waals surface area contributed by atoms with E-state index in [4.69, 9.17) is 0 Å². The van der Waals surface area contributed by atoms with Crippen LogP contribution in [0.5, 0.6) is 0 Å². The summed E-state index contributed by atoms with van der Waals surface area (Å²) in [6.07, 6.45) is 4.08. The van der Waals surface area contributed by atoms with Crippen LogP contribution in [0.15, 0.2) is 11.6 Å². The van der Waals surface area contributed by atoms with Crippen LogP contribution in [0.25, 0.3) is 0 Å². The third-order valence-corrected chi connectivity index (χ3v) is 1.77. The number of aliphatic hydroxyl groups is 1. The molecular formula is C12H24O. The Labute approximate surface area is 82.9 Å². The first-order valence-electron chi connectivity index (χ1n) is 4.98. The summed E-state index contributed by atoms with van der Waals surface area (Å²) in [5.74, 6) is 0. The van der Waals surface area contributed by atoms with Crippen LogP contribution in [0.2, 0.25) is 0 Å². The molecule has 0 aromatic rings. The van der Waals surface area contributed by atoms with Crippen molar-refractivity contribution >= 4 is 0 Å². The summed E-state index contributed by atoms with van der Waals surface area (Å²) >= 11 is 0. The molecule has 0 aliphatic heterocycles. The van der Waals surface area contributed by atoms with E-state index in [0.29, 0.717) is 5.41 Å². The molecule has 0 bridgehead atoms. The zero-order valence-corrected chi connectivity index (χ0v) is 9.94. The minimum atomic E-state index is -0.571. The quantitative estimate of drug-likeness (QED) is 0.665. The Balaban J connectivity index is 4.05. The third kappa shape index (κ3) is 9.62. The second kappa shape index (κ2) is 4.28. The molecule has 0 aliphatic rings. The van der Waals surface area contributed by atoms with Crippen molar-refractivity contribution < 1.29 is 5.11 Å². The van der Waals surface area contributed by atoms with Gasteiger partial charge in [0.15, 0.2) is 0 Å². The summed E-state index contributed by atoms with van der Waals surface area (Å²) in [5.41, 5.74) is 1.06. The molecular weight excluding hydrogens is 160 g/mol. The fourth-order valence-corrected chi connectivity index (χ4v) is 1.23. The van der Waals surface area contributed by atoms with E-state index >= 15 is 0 Å². The first kappa shape index (κ1) is 12.7. The molecule has 0 aromatic heterocycles. The fourth-order valence-electron chi connectivity index (χ4n) is 1.23. The van der Waals surface area contributed by atoms with E-state index in [1.165, 1.54) is 5.57 Å². The van der Waals surface area contributed by atoms with Crippen LogP contribution in [0.4, 0.5) is 0 Å². The lowest BCUT2D eigenvalue weighted by Crippen LogP contribution is -2.18. The molecule has 0 radical (unpaired) electrons. The average Bonchev–Trinajstić information content (AvgIpc) is 1.78. The number of hydrogen-bond acceptors (Lipinski definition) is 1. The molecule has 0 aromatic carbocycles. The first-order valence-corrected chi connectivity index (χ1v) is 4.98. The molecule has 1 heteroatoms. The Morgan fingerprint density at radius 2 is 1.62 bits per heavy atom. The standard InChI is InChI=1S/C12H24O/c1-10(9-12(5,6)13)7-8-11(2,3)4/h7,13H,8-9H2,1-6H3. The van der Waals surface area contributed by atoms with Gasteiger partial charge in [-0.15, -0.1) is 0 Å². The second-order valence-electron chi connectivity index (χ2n) is 5.80. The molecule has 0 amide bonds. The van der Waals surface area contributed by atoms with Crippen LogP contribution in [0.3, 0.4) is 0 Å². The Morgan fingerprint density at radius 3 is 1.92 bits per heavy atom. The highest BCUT2D eigenvalue weighted by atomic mass is 16.3. The molecule has 13 heavy (non-hydrogen) atoms. The largest absolute Gasteiger partial charge is 0.390 e. The van der Waals surface area contributed by atoms with Crippen molar-refractivity contribution in [3.05, 3.63) is 11.6 Å². The van der Waals surface area contributed by atoms with Crippen molar-refractivity contribution in [1.29, 1.82) is 0 Å². The van der Waals surface area contributed by atoms with Crippen molar-refractivity contribution in [2.45, 2.75) is 60.0 Å². The monoisotopic (exact) mass is 184 g/mol. The Morgan fingerprint density at radius 1 is 1.15 bits per heavy atom. The Hall–Kier alpha value is -0.300. The van der Waals surface area contributed by atoms with E-state index in [9.17, 15) is 5.11 Å². The molecule has 1 N–H and O–H groups in total. The molecule has 78 valence electrons. The lowest BCUT2D eigenvalue weighted by Gasteiger charge is -2.19. The fraction of sp³-hybridized carbons (Fsp3) is 0.833. The van der Waals surface area contributed by atoms with E-state index < -0.39 is 5.60 Å². The highest BCUT2D eigenvalue weighted by Crippen LogP contribution is 2.22. The molecule has 0 heterocycles. The summed E-state index contributed by atoms with van der Waals surface area (Å²) in [6, 6.07) is 0. The Kier molecular flexibility index (Phi) is 4.18. The van der Waals surface area contributed by atoms with Gasteiger partial charge in [-0.25, -0.2) is 0 Å². The summed E-state index contributed by atoms with van der Waals surface area (Å²) in [4.78, 5) is 0. The molecule has 0 spiro atoms. The van der Waals surface area contributed by atoms with Crippen LogP contribution in [0.1, 0.15) is 54.4 Å². The lowest BCUT2D eigenvalue weighted by atomic mass is 9.90. The van der Waals surface area contributed by atoms with E-state index in [-0.39, 0.29) is 0 Å². The maximum Gasteiger partial charge on any atom is 0.0628 e. The molecule has 0 atom stereocenters. The molecule has 0 aliphatic carbocycles. The summed E-state index contributed by atoms with van der Waals surface area (Å²) in [5, 5.41) is 9.58. The van der Waals surface area contributed by atoms with Crippen LogP contribution in [-0.2, 0) is 0 Å². The smallest absolute Gasteiger partial charge is 0.0628 e. The third-order valence-electron chi connectivity index (χ3n) is 1.77. The van der Waals surface area contributed by atoms with Crippen LogP contribution in [0, 0.1) is 5.41 Å². The maximum atomic E-state index is 9.58. The zero-order valence-electron chi connectivity index (χ0n) is 9.94. The van der Waals surface area contributed by atoms with Gasteiger partial charge in [-0.2, -0.15) is 0 Å². The molecule has 0 rings (SSSR count). The van der Waals surface area contributed by atoms with Gasteiger partial charge in [0.1, 0.15) is 0 Å². The normalized spacial score (nSPS) is 14.8. The molecule has 0 saturated heterocycles. The predicted octanol–water partition coefficient (Wildman–Crippen LogP) is 3.53. The number of rotatable bonds is 3. The summed E-state index contributed by atoms with van der Waals surface area (Å²) < 4.78 is 0. The van der Waals surface area contributed by atoms with Crippen molar-refractivity contribution in [1.82, 2.24) is 0 Å². The molecule has 0 saturated carbocycles. The van der Waals surface area contributed by atoms with E-state index in [1.807, 2.05) is 13.8 Å². The average molecular weight is 184 g/mol. The maximum absolute atomic E-state index is 9.58. The SMILES string of the molecule is CC(=CCC(C)(C)C)CC(C)(C)O. The van der Waals surface area contributed by atoms with Crippen molar-refractivity contribution in [3.63, 3.8) is 0 Å². The van der Waals surface area contributed by atoms with Crippen LogP contribution in [-0.4, -0.2) is 10.7 Å². The second-order valence-corrected chi connectivity index (χ2v) is 5.80. The van der Waals surface area contributed by atoms with Gasteiger partial charge in [0.05, 0.1) is 5.60 Å². The molecule has 0 fully saturated rings. The van der Waals surface area contributed by atoms with Gasteiger partial charge in [-0.3, -0.25) is 0 Å². The molecule has 1 nitrogen and oxygen atoms in total. The zero-order chi connectivity index (χ0) is 10.7. The first-order chi connectivity index (χ1) is 5.60. The highest BCUT2D eigenvalue weighted by molar-refractivity contribution is 5.02. The van der Waals surface area contributed by atoms with Crippen LogP contribution >= 0.6 is 0 Å². The van der Waals surface area contributed by atoms with E-state index in [2.05, 4.69) is 33.8 Å². The van der Waals surface area contributed by atoms with Gasteiger partial charge >= 0.3 is 0 Å². The van der Waals surface area contributed by atoms with Crippen LogP contribution < -0.4 is 0 Å². The van der Waals surface area contributed by atoms with Gasteiger partial charge in [0, 0.05) is 0 Å². The highest BCUT2D eigenvalue weighted by Gasteiger charge is 2.13. The van der Waals surface area contributed by atoms with Crippen molar-refractivity contribution in [2.24, 2.45) is 5.41 Å². The molecule has 0 unspecified atom stereocenters. The minimum absolute atomic E-state index is 0.348. The summed E-state index contributed by atoms with van der Waals surface area (Å²) in [6.45, 7) is 12.5. The number of hydrogen-bond donors (Lipinski definition) is 1. The predicted molar refractivity (Wildman–Crippen MR) is 58.7 cm³/mol.